The summed E-state index contributed by atoms with van der Waals surface area (Å²) in [5, 5.41) is 0.617. The average Bonchev–Trinajstić information content (AvgIpc) is 2.75. The third-order valence-electron chi connectivity index (χ3n) is 3.48. The first-order chi connectivity index (χ1) is 9.97. The molecule has 0 spiro atoms. The molecule has 0 amide bonds. The van der Waals surface area contributed by atoms with E-state index >= 15 is 0 Å². The van der Waals surface area contributed by atoms with E-state index < -0.39 is 11.6 Å². The Balaban J connectivity index is 2.19. The van der Waals surface area contributed by atoms with Gasteiger partial charge in [0.05, 0.1) is 11.6 Å². The van der Waals surface area contributed by atoms with Gasteiger partial charge in [-0.3, -0.25) is 0 Å². The van der Waals surface area contributed by atoms with E-state index in [2.05, 4.69) is 4.98 Å². The maximum atomic E-state index is 13.8. The van der Waals surface area contributed by atoms with Crippen LogP contribution in [0.1, 0.15) is 18.5 Å². The van der Waals surface area contributed by atoms with Gasteiger partial charge in [0, 0.05) is 17.2 Å². The molecule has 1 atom stereocenters. The average molecular weight is 308 g/mol. The number of aromatic nitrogens is 2. The standard InChI is InChI=1S/C15H12ClF2N3/c1-8(9-2-4-10(16)5-3-9)21-13-7-11(17)6-12(18)14(13)20-15(21)19/h2-8H,1H3,(H2,19,20). The lowest BCUT2D eigenvalue weighted by Crippen LogP contribution is -2.10. The first-order valence-corrected chi connectivity index (χ1v) is 6.73. The monoisotopic (exact) mass is 307 g/mol. The molecule has 3 rings (SSSR count). The van der Waals surface area contributed by atoms with E-state index in [1.165, 1.54) is 6.07 Å². The van der Waals surface area contributed by atoms with E-state index in [4.69, 9.17) is 17.3 Å². The van der Waals surface area contributed by atoms with Crippen molar-refractivity contribution in [3.63, 3.8) is 0 Å². The van der Waals surface area contributed by atoms with Crippen LogP contribution in [0.25, 0.3) is 11.0 Å². The summed E-state index contributed by atoms with van der Waals surface area (Å²) >= 11 is 5.87. The van der Waals surface area contributed by atoms with Crippen LogP contribution in [0.4, 0.5) is 14.7 Å². The molecule has 3 nitrogen and oxygen atoms in total. The Labute approximate surface area is 125 Å². The molecule has 3 aromatic rings. The van der Waals surface area contributed by atoms with Crippen LogP contribution < -0.4 is 5.73 Å². The van der Waals surface area contributed by atoms with E-state index in [1.54, 1.807) is 16.7 Å². The maximum absolute atomic E-state index is 13.8. The summed E-state index contributed by atoms with van der Waals surface area (Å²) in [7, 11) is 0. The number of rotatable bonds is 2. The van der Waals surface area contributed by atoms with Crippen molar-refractivity contribution in [1.82, 2.24) is 9.55 Å². The second kappa shape index (κ2) is 5.00. The largest absolute Gasteiger partial charge is 0.369 e. The molecule has 2 aromatic carbocycles. The summed E-state index contributed by atoms with van der Waals surface area (Å²) in [6.45, 7) is 1.88. The van der Waals surface area contributed by atoms with Gasteiger partial charge >= 0.3 is 0 Å². The number of nitrogens with zero attached hydrogens (tertiary/aromatic N) is 2. The maximum Gasteiger partial charge on any atom is 0.201 e. The Hall–Kier alpha value is -2.14. The molecule has 0 saturated heterocycles. The highest BCUT2D eigenvalue weighted by atomic mass is 35.5. The van der Waals surface area contributed by atoms with Crippen molar-refractivity contribution < 1.29 is 8.78 Å². The number of imidazole rings is 1. The van der Waals surface area contributed by atoms with Crippen molar-refractivity contribution in [3.8, 4) is 0 Å². The molecule has 0 radical (unpaired) electrons. The van der Waals surface area contributed by atoms with E-state index in [0.29, 0.717) is 10.5 Å². The number of halogens is 3. The predicted molar refractivity (Wildman–Crippen MR) is 79.3 cm³/mol. The van der Waals surface area contributed by atoms with Crippen LogP contribution in [-0.4, -0.2) is 9.55 Å². The van der Waals surface area contributed by atoms with Crippen molar-refractivity contribution in [2.75, 3.05) is 5.73 Å². The van der Waals surface area contributed by atoms with Gasteiger partial charge in [-0.25, -0.2) is 13.8 Å². The summed E-state index contributed by atoms with van der Waals surface area (Å²) < 4.78 is 28.8. The van der Waals surface area contributed by atoms with Crippen molar-refractivity contribution in [2.45, 2.75) is 13.0 Å². The Bertz CT molecular complexity index is 812. The van der Waals surface area contributed by atoms with Gasteiger partial charge in [0.25, 0.3) is 0 Å². The van der Waals surface area contributed by atoms with E-state index in [-0.39, 0.29) is 17.5 Å². The van der Waals surface area contributed by atoms with Crippen LogP contribution in [0.5, 0.6) is 0 Å². The fourth-order valence-electron chi connectivity index (χ4n) is 2.44. The SMILES string of the molecule is CC(c1ccc(Cl)cc1)n1c(N)nc2c(F)cc(F)cc21. The number of hydrogen-bond donors (Lipinski definition) is 1. The molecule has 0 aliphatic heterocycles. The summed E-state index contributed by atoms with van der Waals surface area (Å²) in [4.78, 5) is 3.99. The quantitative estimate of drug-likeness (QED) is 0.772. The smallest absolute Gasteiger partial charge is 0.201 e. The van der Waals surface area contributed by atoms with Gasteiger partial charge in [-0.2, -0.15) is 0 Å². The lowest BCUT2D eigenvalue weighted by molar-refractivity contribution is 0.589. The molecule has 0 aliphatic rings. The number of anilines is 1. The van der Waals surface area contributed by atoms with Gasteiger partial charge in [0.15, 0.2) is 5.82 Å². The number of nitrogen functional groups attached to an aromatic ring is 1. The first kappa shape index (κ1) is 13.8. The summed E-state index contributed by atoms with van der Waals surface area (Å²) in [5.41, 5.74) is 7.18. The second-order valence-corrected chi connectivity index (χ2v) is 5.26. The molecule has 0 fully saturated rings. The Morgan fingerprint density at radius 2 is 1.86 bits per heavy atom. The third kappa shape index (κ3) is 2.34. The van der Waals surface area contributed by atoms with Gasteiger partial charge in [-0.1, -0.05) is 23.7 Å². The normalized spacial score (nSPS) is 12.8. The Morgan fingerprint density at radius 3 is 2.52 bits per heavy atom. The minimum Gasteiger partial charge on any atom is -0.369 e. The Kier molecular flexibility index (Phi) is 3.29. The lowest BCUT2D eigenvalue weighted by Gasteiger charge is -2.16. The topological polar surface area (TPSA) is 43.8 Å². The van der Waals surface area contributed by atoms with Crippen molar-refractivity contribution in [2.24, 2.45) is 0 Å². The van der Waals surface area contributed by atoms with Gasteiger partial charge in [-0.05, 0) is 24.6 Å². The van der Waals surface area contributed by atoms with Gasteiger partial charge in [0.2, 0.25) is 5.95 Å². The molecule has 21 heavy (non-hydrogen) atoms. The highest BCUT2D eigenvalue weighted by Gasteiger charge is 2.18. The highest BCUT2D eigenvalue weighted by molar-refractivity contribution is 6.30. The lowest BCUT2D eigenvalue weighted by atomic mass is 10.1. The summed E-state index contributed by atoms with van der Waals surface area (Å²) in [6, 6.07) is 8.99. The number of benzene rings is 2. The zero-order valence-electron chi connectivity index (χ0n) is 11.1. The van der Waals surface area contributed by atoms with Gasteiger partial charge in [-0.15, -0.1) is 0 Å². The number of nitrogens with two attached hydrogens (primary N) is 1. The molecule has 0 saturated carbocycles. The van der Waals surface area contributed by atoms with Crippen LogP contribution >= 0.6 is 11.6 Å². The highest BCUT2D eigenvalue weighted by Crippen LogP contribution is 2.29. The van der Waals surface area contributed by atoms with Crippen LogP contribution in [-0.2, 0) is 0 Å². The molecule has 2 N–H and O–H groups in total. The predicted octanol–water partition coefficient (Wildman–Crippen LogP) is 4.16. The van der Waals surface area contributed by atoms with E-state index in [9.17, 15) is 8.78 Å². The third-order valence-corrected chi connectivity index (χ3v) is 3.73. The fourth-order valence-corrected chi connectivity index (χ4v) is 2.56. The van der Waals surface area contributed by atoms with Crippen LogP contribution in [0.15, 0.2) is 36.4 Å². The van der Waals surface area contributed by atoms with Crippen LogP contribution in [0, 0.1) is 11.6 Å². The van der Waals surface area contributed by atoms with Crippen molar-refractivity contribution >= 4 is 28.6 Å². The summed E-state index contributed by atoms with van der Waals surface area (Å²) in [5.74, 6) is -1.25. The minimum absolute atomic E-state index is 0.0645. The summed E-state index contributed by atoms with van der Waals surface area (Å²) in [6.07, 6.45) is 0. The molecule has 1 unspecified atom stereocenters. The number of hydrogen-bond acceptors (Lipinski definition) is 2. The molecule has 1 heterocycles. The zero-order chi connectivity index (χ0) is 15.1. The van der Waals surface area contributed by atoms with Crippen LogP contribution in [0.3, 0.4) is 0 Å². The molecule has 6 heteroatoms. The van der Waals surface area contributed by atoms with Gasteiger partial charge < -0.3 is 10.3 Å². The second-order valence-electron chi connectivity index (χ2n) is 4.82. The molecule has 108 valence electrons. The van der Waals surface area contributed by atoms with Gasteiger partial charge in [0.1, 0.15) is 11.3 Å². The van der Waals surface area contributed by atoms with Crippen LogP contribution in [0.2, 0.25) is 5.02 Å². The zero-order valence-corrected chi connectivity index (χ0v) is 11.9. The molecular formula is C15H12ClF2N3. The van der Waals surface area contributed by atoms with Crippen molar-refractivity contribution in [3.05, 3.63) is 58.6 Å². The molecule has 0 bridgehead atoms. The molecular weight excluding hydrogens is 296 g/mol. The first-order valence-electron chi connectivity index (χ1n) is 6.35. The van der Waals surface area contributed by atoms with Crippen molar-refractivity contribution in [1.29, 1.82) is 0 Å². The minimum atomic E-state index is -0.723. The Morgan fingerprint density at radius 1 is 1.19 bits per heavy atom. The van der Waals surface area contributed by atoms with E-state index in [0.717, 1.165) is 11.6 Å². The fraction of sp³-hybridized carbons (Fsp3) is 0.133. The molecule has 0 aliphatic carbocycles. The van der Waals surface area contributed by atoms with E-state index in [1.807, 2.05) is 19.1 Å². The number of fused-ring (bicyclic) bond motifs is 1. The molecule has 1 aromatic heterocycles.